The Morgan fingerprint density at radius 3 is 2.12 bits per heavy atom. The smallest absolute Gasteiger partial charge is 0.241 e. The average molecular weight is 366 g/mol. The van der Waals surface area contributed by atoms with Crippen LogP contribution in [-0.4, -0.2) is 13.4 Å². The Hall–Kier alpha value is -2.50. The van der Waals surface area contributed by atoms with Gasteiger partial charge in [0.1, 0.15) is 0 Å². The molecule has 1 heterocycles. The van der Waals surface area contributed by atoms with Gasteiger partial charge in [-0.25, -0.2) is 8.42 Å². The van der Waals surface area contributed by atoms with Crippen molar-refractivity contribution < 1.29 is 8.42 Å². The highest BCUT2D eigenvalue weighted by atomic mass is 32.2. The van der Waals surface area contributed by atoms with Crippen LogP contribution >= 0.6 is 0 Å². The van der Waals surface area contributed by atoms with Crippen molar-refractivity contribution in [3.8, 4) is 0 Å². The van der Waals surface area contributed by atoms with E-state index in [4.69, 9.17) is 0 Å². The van der Waals surface area contributed by atoms with E-state index in [9.17, 15) is 8.42 Å². The molecule has 26 heavy (non-hydrogen) atoms. The normalized spacial score (nSPS) is 12.7. The summed E-state index contributed by atoms with van der Waals surface area (Å²) in [6, 6.07) is 19.8. The number of sulfonamides is 1. The summed E-state index contributed by atoms with van der Waals surface area (Å²) < 4.78 is 28.7. The van der Waals surface area contributed by atoms with E-state index in [-0.39, 0.29) is 4.90 Å². The molecule has 0 spiro atoms. The summed E-state index contributed by atoms with van der Waals surface area (Å²) >= 11 is 0. The summed E-state index contributed by atoms with van der Waals surface area (Å²) in [5.41, 5.74) is 2.86. The third-order valence-electron chi connectivity index (χ3n) is 4.22. The molecule has 3 rings (SSSR count). The first kappa shape index (κ1) is 18.3. The second kappa shape index (κ2) is 8.25. The van der Waals surface area contributed by atoms with Crippen LogP contribution in [0.3, 0.4) is 0 Å². The fourth-order valence-corrected chi connectivity index (χ4v) is 4.09. The Morgan fingerprint density at radius 2 is 1.50 bits per heavy atom. The van der Waals surface area contributed by atoms with E-state index in [0.717, 1.165) is 29.5 Å². The summed E-state index contributed by atoms with van der Waals surface area (Å²) in [7, 11) is -3.66. The van der Waals surface area contributed by atoms with Crippen LogP contribution in [0.5, 0.6) is 0 Å². The molecule has 2 aromatic carbocycles. The molecule has 1 aromatic heterocycles. The zero-order valence-corrected chi connectivity index (χ0v) is 15.5. The molecular formula is C21H22N2O2S. The van der Waals surface area contributed by atoms with Crippen molar-refractivity contribution in [3.05, 3.63) is 95.8 Å². The number of nitrogens with one attached hydrogen (secondary N) is 1. The lowest BCUT2D eigenvalue weighted by Crippen LogP contribution is -2.29. The van der Waals surface area contributed by atoms with E-state index in [1.165, 1.54) is 0 Å². The lowest BCUT2D eigenvalue weighted by Gasteiger charge is -2.20. The van der Waals surface area contributed by atoms with Crippen molar-refractivity contribution in [2.75, 3.05) is 0 Å². The minimum atomic E-state index is -3.66. The highest BCUT2D eigenvalue weighted by Gasteiger charge is 2.22. The molecule has 1 atom stereocenters. The molecule has 134 valence electrons. The van der Waals surface area contributed by atoms with Crippen molar-refractivity contribution in [3.63, 3.8) is 0 Å². The SMILES string of the molecule is CCCc1ccc(S(=O)(=O)NC(c2ccccc2)c2ccncc2)cc1. The van der Waals surface area contributed by atoms with Crippen LogP contribution in [0.1, 0.15) is 36.1 Å². The third-order valence-corrected chi connectivity index (χ3v) is 5.66. The first-order chi connectivity index (χ1) is 12.6. The number of rotatable bonds is 7. The maximum atomic E-state index is 12.9. The highest BCUT2D eigenvalue weighted by Crippen LogP contribution is 2.24. The van der Waals surface area contributed by atoms with Crippen LogP contribution in [0.2, 0.25) is 0 Å². The van der Waals surface area contributed by atoms with Crippen LogP contribution in [-0.2, 0) is 16.4 Å². The van der Waals surface area contributed by atoms with Gasteiger partial charge < -0.3 is 0 Å². The van der Waals surface area contributed by atoms with Gasteiger partial charge in [-0.15, -0.1) is 0 Å². The summed E-state index contributed by atoms with van der Waals surface area (Å²) in [6.07, 6.45) is 5.30. The predicted octanol–water partition coefficient (Wildman–Crippen LogP) is 4.10. The maximum Gasteiger partial charge on any atom is 0.241 e. The van der Waals surface area contributed by atoms with Gasteiger partial charge in [-0.2, -0.15) is 4.72 Å². The molecule has 0 aliphatic heterocycles. The van der Waals surface area contributed by atoms with Crippen LogP contribution < -0.4 is 4.72 Å². The minimum Gasteiger partial charge on any atom is -0.265 e. The maximum absolute atomic E-state index is 12.9. The molecule has 0 amide bonds. The molecular weight excluding hydrogens is 344 g/mol. The standard InChI is InChI=1S/C21H22N2O2S/c1-2-6-17-9-11-20(12-10-17)26(24,25)23-21(18-7-4-3-5-8-18)19-13-15-22-16-14-19/h3-5,7-16,21,23H,2,6H2,1H3. The number of nitrogens with zero attached hydrogens (tertiary/aromatic N) is 1. The fraction of sp³-hybridized carbons (Fsp3) is 0.190. The summed E-state index contributed by atoms with van der Waals surface area (Å²) in [6.45, 7) is 2.10. The summed E-state index contributed by atoms with van der Waals surface area (Å²) in [5.74, 6) is 0. The van der Waals surface area contributed by atoms with E-state index < -0.39 is 16.1 Å². The second-order valence-electron chi connectivity index (χ2n) is 6.14. The second-order valence-corrected chi connectivity index (χ2v) is 7.85. The summed E-state index contributed by atoms with van der Waals surface area (Å²) in [5, 5.41) is 0. The van der Waals surface area contributed by atoms with Crippen LogP contribution in [0.15, 0.2) is 84.0 Å². The van der Waals surface area contributed by atoms with Gasteiger partial charge >= 0.3 is 0 Å². The highest BCUT2D eigenvalue weighted by molar-refractivity contribution is 7.89. The van der Waals surface area contributed by atoms with Crippen LogP contribution in [0.4, 0.5) is 0 Å². The van der Waals surface area contributed by atoms with Gasteiger partial charge in [0.2, 0.25) is 10.0 Å². The van der Waals surface area contributed by atoms with E-state index in [0.29, 0.717) is 0 Å². The number of aryl methyl sites for hydroxylation is 1. The molecule has 4 nitrogen and oxygen atoms in total. The van der Waals surface area contributed by atoms with Crippen LogP contribution in [0, 0.1) is 0 Å². The van der Waals surface area contributed by atoms with Gasteiger partial charge in [-0.1, -0.05) is 55.8 Å². The number of aromatic nitrogens is 1. The molecule has 0 radical (unpaired) electrons. The Kier molecular flexibility index (Phi) is 5.81. The Labute approximate surface area is 155 Å². The van der Waals surface area contributed by atoms with Crippen molar-refractivity contribution in [1.29, 1.82) is 0 Å². The van der Waals surface area contributed by atoms with Gasteiger partial charge in [0.25, 0.3) is 0 Å². The molecule has 0 saturated heterocycles. The molecule has 1 unspecified atom stereocenters. The van der Waals surface area contributed by atoms with E-state index in [2.05, 4.69) is 16.6 Å². The Morgan fingerprint density at radius 1 is 0.885 bits per heavy atom. The van der Waals surface area contributed by atoms with Gasteiger partial charge in [0.15, 0.2) is 0 Å². The van der Waals surface area contributed by atoms with E-state index in [1.807, 2.05) is 54.6 Å². The van der Waals surface area contributed by atoms with Crippen molar-refractivity contribution in [1.82, 2.24) is 9.71 Å². The quantitative estimate of drug-likeness (QED) is 0.685. The van der Waals surface area contributed by atoms with Crippen molar-refractivity contribution in [2.24, 2.45) is 0 Å². The lowest BCUT2D eigenvalue weighted by molar-refractivity contribution is 0.572. The average Bonchev–Trinajstić information content (AvgIpc) is 2.68. The van der Waals surface area contributed by atoms with Gasteiger partial charge in [-0.3, -0.25) is 4.98 Å². The van der Waals surface area contributed by atoms with Gasteiger partial charge in [0.05, 0.1) is 10.9 Å². The first-order valence-electron chi connectivity index (χ1n) is 8.66. The number of benzene rings is 2. The Bertz CT molecular complexity index is 885. The number of hydrogen-bond acceptors (Lipinski definition) is 3. The van der Waals surface area contributed by atoms with E-state index in [1.54, 1.807) is 24.5 Å². The number of hydrogen-bond donors (Lipinski definition) is 1. The molecule has 0 aliphatic carbocycles. The molecule has 0 bridgehead atoms. The van der Waals surface area contributed by atoms with Gasteiger partial charge in [0, 0.05) is 12.4 Å². The molecule has 5 heteroatoms. The summed E-state index contributed by atoms with van der Waals surface area (Å²) in [4.78, 5) is 4.30. The molecule has 0 fully saturated rings. The van der Waals surface area contributed by atoms with E-state index >= 15 is 0 Å². The molecule has 3 aromatic rings. The zero-order valence-electron chi connectivity index (χ0n) is 14.7. The first-order valence-corrected chi connectivity index (χ1v) is 10.1. The fourth-order valence-electron chi connectivity index (χ4n) is 2.88. The Balaban J connectivity index is 1.93. The minimum absolute atomic E-state index is 0.271. The zero-order chi connectivity index (χ0) is 18.4. The molecule has 0 saturated carbocycles. The molecule has 1 N–H and O–H groups in total. The number of pyridine rings is 1. The van der Waals surface area contributed by atoms with Crippen LogP contribution in [0.25, 0.3) is 0 Å². The lowest BCUT2D eigenvalue weighted by atomic mass is 10.0. The predicted molar refractivity (Wildman–Crippen MR) is 103 cm³/mol. The van der Waals surface area contributed by atoms with Gasteiger partial charge in [-0.05, 0) is 47.4 Å². The van der Waals surface area contributed by atoms with Crippen molar-refractivity contribution in [2.45, 2.75) is 30.7 Å². The monoisotopic (exact) mass is 366 g/mol. The largest absolute Gasteiger partial charge is 0.265 e. The molecule has 0 aliphatic rings. The topological polar surface area (TPSA) is 59.1 Å². The van der Waals surface area contributed by atoms with Crippen molar-refractivity contribution >= 4 is 10.0 Å². The third kappa shape index (κ3) is 4.36.